The first-order chi connectivity index (χ1) is 9.11. The summed E-state index contributed by atoms with van der Waals surface area (Å²) in [5.41, 5.74) is 2.36. The van der Waals surface area contributed by atoms with Crippen molar-refractivity contribution < 1.29 is 0 Å². The van der Waals surface area contributed by atoms with Gasteiger partial charge < -0.3 is 15.1 Å². The van der Waals surface area contributed by atoms with Gasteiger partial charge in [-0.1, -0.05) is 0 Å². The molecule has 0 aliphatic carbocycles. The molecule has 1 aliphatic rings. The van der Waals surface area contributed by atoms with Crippen LogP contribution in [0.5, 0.6) is 0 Å². The topological polar surface area (TPSA) is 31.4 Å². The lowest BCUT2D eigenvalue weighted by Gasteiger charge is -2.28. The molecule has 1 aromatic heterocycles. The first kappa shape index (κ1) is 13.7. The number of aromatic nitrogens is 1. The Labute approximate surface area is 116 Å². The number of hydrogen-bond donors (Lipinski definition) is 1. The molecule has 0 fully saturated rings. The Kier molecular flexibility index (Phi) is 4.30. The van der Waals surface area contributed by atoms with Crippen LogP contribution in [0.2, 0.25) is 0 Å². The van der Waals surface area contributed by atoms with Gasteiger partial charge in [-0.15, -0.1) is 0 Å². The fraction of sp³-hybridized carbons (Fsp3) is 0.533. The van der Waals surface area contributed by atoms with Gasteiger partial charge in [0, 0.05) is 39.4 Å². The highest BCUT2D eigenvalue weighted by Gasteiger charge is 2.20. The van der Waals surface area contributed by atoms with E-state index >= 15 is 0 Å². The maximum atomic E-state index is 4.57. The molecule has 2 heterocycles. The Hall–Kier alpha value is -1.71. The van der Waals surface area contributed by atoms with E-state index in [9.17, 15) is 0 Å². The second kappa shape index (κ2) is 5.95. The summed E-state index contributed by atoms with van der Waals surface area (Å²) in [6.07, 6.45) is 7.21. The van der Waals surface area contributed by atoms with Gasteiger partial charge in [0.05, 0.1) is 5.69 Å². The smallest absolute Gasteiger partial charge is 0.149 e. The van der Waals surface area contributed by atoms with Gasteiger partial charge in [0.15, 0.2) is 0 Å². The molecular formula is C15H24N4. The highest BCUT2D eigenvalue weighted by Crippen LogP contribution is 2.30. The van der Waals surface area contributed by atoms with Crippen LogP contribution in [0.15, 0.2) is 18.5 Å². The Bertz CT molecular complexity index is 453. The Morgan fingerprint density at radius 1 is 1.53 bits per heavy atom. The van der Waals surface area contributed by atoms with Crippen LogP contribution >= 0.6 is 0 Å². The molecule has 4 heteroatoms. The third kappa shape index (κ3) is 3.19. The summed E-state index contributed by atoms with van der Waals surface area (Å²) in [4.78, 5) is 9.03. The number of nitrogens with one attached hydrogen (secondary N) is 1. The average Bonchev–Trinajstić information content (AvgIpc) is 2.54. The minimum Gasteiger partial charge on any atom is -0.383 e. The third-order valence-corrected chi connectivity index (χ3v) is 3.49. The predicted molar refractivity (Wildman–Crippen MR) is 82.5 cm³/mol. The minimum atomic E-state index is 0.550. The molecule has 0 bridgehead atoms. The lowest BCUT2D eigenvalue weighted by atomic mass is 10.2. The summed E-state index contributed by atoms with van der Waals surface area (Å²) >= 11 is 0. The molecule has 0 amide bonds. The van der Waals surface area contributed by atoms with Gasteiger partial charge in [-0.3, -0.25) is 0 Å². The zero-order valence-corrected chi connectivity index (χ0v) is 12.3. The average molecular weight is 260 g/mol. The van der Waals surface area contributed by atoms with Crippen LogP contribution in [0.25, 0.3) is 6.08 Å². The van der Waals surface area contributed by atoms with Crippen molar-refractivity contribution in [3.63, 3.8) is 0 Å². The van der Waals surface area contributed by atoms with Gasteiger partial charge in [0.25, 0.3) is 0 Å². The van der Waals surface area contributed by atoms with E-state index in [1.54, 1.807) is 0 Å². The number of pyridine rings is 1. The summed E-state index contributed by atoms with van der Waals surface area (Å²) in [6.45, 7) is 6.49. The predicted octanol–water partition coefficient (Wildman–Crippen LogP) is 2.64. The first-order valence-corrected chi connectivity index (χ1v) is 6.97. The first-order valence-electron chi connectivity index (χ1n) is 6.97. The van der Waals surface area contributed by atoms with E-state index in [0.717, 1.165) is 30.9 Å². The molecule has 1 atom stereocenters. The molecule has 104 valence electrons. The monoisotopic (exact) mass is 260 g/mol. The molecule has 1 unspecified atom stereocenters. The normalized spacial score (nSPS) is 18.9. The Morgan fingerprint density at radius 2 is 2.32 bits per heavy atom. The van der Waals surface area contributed by atoms with E-state index < -0.39 is 0 Å². The van der Waals surface area contributed by atoms with Crippen molar-refractivity contribution in [1.29, 1.82) is 0 Å². The van der Waals surface area contributed by atoms with Gasteiger partial charge in [-0.2, -0.15) is 0 Å². The van der Waals surface area contributed by atoms with Gasteiger partial charge in [0.2, 0.25) is 0 Å². The molecule has 0 spiro atoms. The third-order valence-electron chi connectivity index (χ3n) is 3.49. The SMILES string of the molecule is CCN1c2cc(C=CN(C)C)cnc2NCCC1C. The van der Waals surface area contributed by atoms with Crippen LogP contribution in [-0.2, 0) is 0 Å². The van der Waals surface area contributed by atoms with Crippen LogP contribution in [0.1, 0.15) is 25.8 Å². The van der Waals surface area contributed by atoms with E-state index in [2.05, 4.69) is 41.2 Å². The van der Waals surface area contributed by atoms with Crippen LogP contribution in [-0.4, -0.2) is 43.1 Å². The summed E-state index contributed by atoms with van der Waals surface area (Å²) in [6, 6.07) is 2.77. The second-order valence-corrected chi connectivity index (χ2v) is 5.27. The summed E-state index contributed by atoms with van der Waals surface area (Å²) < 4.78 is 0. The fourth-order valence-corrected chi connectivity index (χ4v) is 2.42. The van der Waals surface area contributed by atoms with Gasteiger partial charge in [-0.25, -0.2) is 4.98 Å². The second-order valence-electron chi connectivity index (χ2n) is 5.27. The molecule has 2 rings (SSSR count). The van der Waals surface area contributed by atoms with Crippen molar-refractivity contribution in [2.24, 2.45) is 0 Å². The van der Waals surface area contributed by atoms with Crippen LogP contribution < -0.4 is 10.2 Å². The molecule has 19 heavy (non-hydrogen) atoms. The largest absolute Gasteiger partial charge is 0.383 e. The van der Waals surface area contributed by atoms with Crippen molar-refractivity contribution >= 4 is 17.6 Å². The zero-order valence-electron chi connectivity index (χ0n) is 12.3. The lowest BCUT2D eigenvalue weighted by molar-refractivity contribution is 0.567. The van der Waals surface area contributed by atoms with Crippen LogP contribution in [0.3, 0.4) is 0 Å². The molecule has 1 aliphatic heterocycles. The van der Waals surface area contributed by atoms with E-state index in [1.807, 2.05) is 31.4 Å². The zero-order chi connectivity index (χ0) is 13.8. The van der Waals surface area contributed by atoms with Crippen molar-refractivity contribution in [3.05, 3.63) is 24.0 Å². The van der Waals surface area contributed by atoms with Crippen molar-refractivity contribution in [2.45, 2.75) is 26.3 Å². The quantitative estimate of drug-likeness (QED) is 0.905. The highest BCUT2D eigenvalue weighted by molar-refractivity contribution is 5.70. The van der Waals surface area contributed by atoms with Gasteiger partial charge in [-0.05, 0) is 44.2 Å². The van der Waals surface area contributed by atoms with Gasteiger partial charge >= 0.3 is 0 Å². The van der Waals surface area contributed by atoms with Crippen LogP contribution in [0, 0.1) is 0 Å². The molecule has 0 radical (unpaired) electrons. The van der Waals surface area contributed by atoms with Gasteiger partial charge in [0.1, 0.15) is 5.82 Å². The maximum Gasteiger partial charge on any atom is 0.149 e. The Morgan fingerprint density at radius 3 is 3.00 bits per heavy atom. The summed E-state index contributed by atoms with van der Waals surface area (Å²) in [7, 11) is 4.05. The molecule has 1 aromatic rings. The summed E-state index contributed by atoms with van der Waals surface area (Å²) in [5, 5.41) is 3.42. The van der Waals surface area contributed by atoms with Crippen molar-refractivity contribution in [3.8, 4) is 0 Å². The fourth-order valence-electron chi connectivity index (χ4n) is 2.42. The van der Waals surface area contributed by atoms with E-state index in [-0.39, 0.29) is 0 Å². The standard InChI is InChI=1S/C15H24N4/c1-5-19-12(2)6-8-16-15-14(19)10-13(11-17-15)7-9-18(3)4/h7,9-12H,5-6,8H2,1-4H3,(H,16,17). The number of fused-ring (bicyclic) bond motifs is 1. The molecule has 0 saturated carbocycles. The Balaban J connectivity index is 2.35. The molecule has 4 nitrogen and oxygen atoms in total. The maximum absolute atomic E-state index is 4.57. The van der Waals surface area contributed by atoms with Crippen molar-refractivity contribution in [2.75, 3.05) is 37.4 Å². The molecule has 0 aromatic carbocycles. The highest BCUT2D eigenvalue weighted by atomic mass is 15.2. The van der Waals surface area contributed by atoms with E-state index in [4.69, 9.17) is 0 Å². The summed E-state index contributed by atoms with van der Waals surface area (Å²) in [5.74, 6) is 1.01. The number of rotatable bonds is 3. The number of anilines is 2. The molecular weight excluding hydrogens is 236 g/mol. The number of nitrogens with zero attached hydrogens (tertiary/aromatic N) is 3. The van der Waals surface area contributed by atoms with E-state index in [0.29, 0.717) is 6.04 Å². The lowest BCUT2D eigenvalue weighted by Crippen LogP contribution is -2.32. The number of hydrogen-bond acceptors (Lipinski definition) is 4. The molecule has 1 N–H and O–H groups in total. The molecule has 0 saturated heterocycles. The van der Waals surface area contributed by atoms with E-state index in [1.165, 1.54) is 5.69 Å². The minimum absolute atomic E-state index is 0.550. The van der Waals surface area contributed by atoms with Crippen molar-refractivity contribution in [1.82, 2.24) is 9.88 Å². The van der Waals surface area contributed by atoms with Crippen LogP contribution in [0.4, 0.5) is 11.5 Å².